The Morgan fingerprint density at radius 2 is 1.91 bits per heavy atom. The van der Waals surface area contributed by atoms with Crippen molar-refractivity contribution in [2.45, 2.75) is 13.3 Å². The molecule has 0 aliphatic rings. The van der Waals surface area contributed by atoms with E-state index in [-0.39, 0.29) is 5.91 Å². The molecule has 7 heteroatoms. The van der Waals surface area contributed by atoms with Crippen molar-refractivity contribution in [3.8, 4) is 22.8 Å². The van der Waals surface area contributed by atoms with E-state index < -0.39 is 0 Å². The highest BCUT2D eigenvalue weighted by Gasteiger charge is 2.16. The number of para-hydroxylation sites is 1. The van der Waals surface area contributed by atoms with Crippen LogP contribution in [0.15, 0.2) is 71.1 Å². The Labute approximate surface area is 190 Å². The summed E-state index contributed by atoms with van der Waals surface area (Å²) in [4.78, 5) is 19.0. The van der Waals surface area contributed by atoms with Crippen LogP contribution >= 0.6 is 11.3 Å². The number of hydrazone groups is 1. The predicted octanol–water partition coefficient (Wildman–Crippen LogP) is 5.52. The van der Waals surface area contributed by atoms with Crippen molar-refractivity contribution in [1.29, 1.82) is 0 Å². The maximum absolute atomic E-state index is 13.2. The Bertz CT molecular complexity index is 1280. The lowest BCUT2D eigenvalue weighted by Crippen LogP contribution is -2.20. The molecule has 0 fully saturated rings. The summed E-state index contributed by atoms with van der Waals surface area (Å²) in [7, 11) is 3.20. The number of carbonyl (C=O) groups excluding carboxylic acids is 1. The van der Waals surface area contributed by atoms with E-state index in [2.05, 4.69) is 10.5 Å². The zero-order valence-electron chi connectivity index (χ0n) is 18.1. The molecule has 0 spiro atoms. The number of aromatic nitrogens is 1. The molecule has 0 atom stereocenters. The van der Waals surface area contributed by atoms with Gasteiger partial charge in [-0.05, 0) is 42.1 Å². The minimum Gasteiger partial charge on any atom is -0.497 e. The van der Waals surface area contributed by atoms with Crippen LogP contribution in [-0.2, 0) is 0 Å². The van der Waals surface area contributed by atoms with Gasteiger partial charge in [-0.25, -0.2) is 10.4 Å². The molecule has 6 nitrogen and oxygen atoms in total. The molecular formula is C25H23N3O3S. The van der Waals surface area contributed by atoms with Crippen LogP contribution in [0.4, 0.5) is 0 Å². The van der Waals surface area contributed by atoms with E-state index in [1.165, 1.54) is 0 Å². The van der Waals surface area contributed by atoms with Crippen molar-refractivity contribution in [3.63, 3.8) is 0 Å². The summed E-state index contributed by atoms with van der Waals surface area (Å²) in [5, 5.41) is 7.14. The molecule has 2 aromatic heterocycles. The first kappa shape index (κ1) is 21.5. The average molecular weight is 446 g/mol. The Hall–Kier alpha value is -3.71. The van der Waals surface area contributed by atoms with E-state index in [4.69, 9.17) is 14.5 Å². The average Bonchev–Trinajstić information content (AvgIpc) is 3.38. The van der Waals surface area contributed by atoms with Crippen LogP contribution in [0, 0.1) is 0 Å². The first-order chi connectivity index (χ1) is 15.6. The second kappa shape index (κ2) is 9.62. The highest BCUT2D eigenvalue weighted by atomic mass is 32.1. The van der Waals surface area contributed by atoms with Crippen LogP contribution in [0.1, 0.15) is 28.6 Å². The summed E-state index contributed by atoms with van der Waals surface area (Å²) >= 11 is 1.60. The second-order valence-electron chi connectivity index (χ2n) is 6.97. The zero-order chi connectivity index (χ0) is 22.5. The summed E-state index contributed by atoms with van der Waals surface area (Å²) in [5.41, 5.74) is 6.18. The third-order valence-corrected chi connectivity index (χ3v) is 6.00. The fourth-order valence-electron chi connectivity index (χ4n) is 3.44. The van der Waals surface area contributed by atoms with Crippen LogP contribution in [0.25, 0.3) is 22.2 Å². The third kappa shape index (κ3) is 4.33. The number of benzene rings is 2. The van der Waals surface area contributed by atoms with Gasteiger partial charge < -0.3 is 9.47 Å². The SMILES string of the molecule is CC/C(=N\NC(=O)c1cc(-c2ccc(OC)cc2OC)nc2ccccc12)c1cccs1. The van der Waals surface area contributed by atoms with Crippen LogP contribution in [0.3, 0.4) is 0 Å². The number of rotatable bonds is 7. The Morgan fingerprint density at radius 1 is 1.06 bits per heavy atom. The first-order valence-corrected chi connectivity index (χ1v) is 11.1. The van der Waals surface area contributed by atoms with Crippen molar-refractivity contribution < 1.29 is 14.3 Å². The Kier molecular flexibility index (Phi) is 6.47. The molecule has 1 N–H and O–H groups in total. The number of methoxy groups -OCH3 is 2. The number of nitrogens with zero attached hydrogens (tertiary/aromatic N) is 2. The normalized spacial score (nSPS) is 11.4. The molecule has 4 aromatic rings. The van der Waals surface area contributed by atoms with E-state index in [9.17, 15) is 4.79 Å². The third-order valence-electron chi connectivity index (χ3n) is 5.08. The monoisotopic (exact) mass is 445 g/mol. The smallest absolute Gasteiger partial charge is 0.272 e. The molecular weight excluding hydrogens is 422 g/mol. The Balaban J connectivity index is 1.77. The van der Waals surface area contributed by atoms with Gasteiger partial charge in [-0.2, -0.15) is 5.10 Å². The van der Waals surface area contributed by atoms with Crippen molar-refractivity contribution in [3.05, 3.63) is 76.5 Å². The lowest BCUT2D eigenvalue weighted by atomic mass is 10.0. The number of ether oxygens (including phenoxy) is 2. The van der Waals surface area contributed by atoms with Gasteiger partial charge in [0.05, 0.1) is 41.6 Å². The number of carbonyl (C=O) groups is 1. The van der Waals surface area contributed by atoms with Gasteiger partial charge in [0.15, 0.2) is 0 Å². The highest BCUT2D eigenvalue weighted by Crippen LogP contribution is 2.34. The van der Waals surface area contributed by atoms with E-state index in [1.807, 2.05) is 60.8 Å². The van der Waals surface area contributed by atoms with Gasteiger partial charge in [-0.15, -0.1) is 11.3 Å². The van der Waals surface area contributed by atoms with E-state index in [1.54, 1.807) is 37.7 Å². The topological polar surface area (TPSA) is 72.8 Å². The molecule has 4 rings (SSSR count). The Morgan fingerprint density at radius 3 is 2.62 bits per heavy atom. The molecule has 2 heterocycles. The number of fused-ring (bicyclic) bond motifs is 1. The molecule has 162 valence electrons. The quantitative estimate of drug-likeness (QED) is 0.300. The maximum Gasteiger partial charge on any atom is 0.272 e. The van der Waals surface area contributed by atoms with Crippen molar-refractivity contribution in [2.75, 3.05) is 14.2 Å². The number of amides is 1. The molecule has 0 bridgehead atoms. The maximum atomic E-state index is 13.2. The number of hydrogen-bond donors (Lipinski definition) is 1. The van der Waals surface area contributed by atoms with Gasteiger partial charge in [0.1, 0.15) is 11.5 Å². The van der Waals surface area contributed by atoms with E-state index in [0.29, 0.717) is 34.7 Å². The molecule has 0 saturated heterocycles. The summed E-state index contributed by atoms with van der Waals surface area (Å²) in [6.45, 7) is 2.01. The van der Waals surface area contributed by atoms with Crippen molar-refractivity contribution >= 4 is 33.9 Å². The fraction of sp³-hybridized carbons (Fsp3) is 0.160. The number of thiophene rings is 1. The zero-order valence-corrected chi connectivity index (χ0v) is 18.9. The summed E-state index contributed by atoms with van der Waals surface area (Å²) < 4.78 is 10.8. The summed E-state index contributed by atoms with van der Waals surface area (Å²) in [6, 6.07) is 18.8. The van der Waals surface area contributed by atoms with Gasteiger partial charge >= 0.3 is 0 Å². The van der Waals surface area contributed by atoms with Crippen molar-refractivity contribution in [2.24, 2.45) is 5.10 Å². The molecule has 1 amide bonds. The van der Waals surface area contributed by atoms with Crippen LogP contribution in [0.5, 0.6) is 11.5 Å². The molecule has 0 saturated carbocycles. The van der Waals surface area contributed by atoms with Gasteiger partial charge in [-0.1, -0.05) is 31.2 Å². The van der Waals surface area contributed by atoms with Crippen LogP contribution < -0.4 is 14.9 Å². The first-order valence-electron chi connectivity index (χ1n) is 10.2. The van der Waals surface area contributed by atoms with Crippen LogP contribution in [-0.4, -0.2) is 30.8 Å². The van der Waals surface area contributed by atoms with Gasteiger partial charge in [0.2, 0.25) is 0 Å². The van der Waals surface area contributed by atoms with Gasteiger partial charge in [0.25, 0.3) is 5.91 Å². The highest BCUT2D eigenvalue weighted by molar-refractivity contribution is 7.12. The number of hydrogen-bond acceptors (Lipinski definition) is 6. The van der Waals surface area contributed by atoms with E-state index in [0.717, 1.165) is 21.5 Å². The largest absolute Gasteiger partial charge is 0.497 e. The molecule has 0 unspecified atom stereocenters. The van der Waals surface area contributed by atoms with Crippen molar-refractivity contribution in [1.82, 2.24) is 10.4 Å². The van der Waals surface area contributed by atoms with Gasteiger partial charge in [-0.3, -0.25) is 4.79 Å². The molecule has 0 radical (unpaired) electrons. The summed E-state index contributed by atoms with van der Waals surface area (Å²) in [6.07, 6.45) is 0.714. The van der Waals surface area contributed by atoms with Gasteiger partial charge in [0, 0.05) is 17.0 Å². The molecule has 0 aliphatic carbocycles. The molecule has 0 aliphatic heterocycles. The second-order valence-corrected chi connectivity index (χ2v) is 7.92. The van der Waals surface area contributed by atoms with E-state index >= 15 is 0 Å². The minimum atomic E-state index is -0.292. The molecule has 32 heavy (non-hydrogen) atoms. The minimum absolute atomic E-state index is 0.292. The summed E-state index contributed by atoms with van der Waals surface area (Å²) in [5.74, 6) is 1.00. The predicted molar refractivity (Wildman–Crippen MR) is 129 cm³/mol. The standard InChI is InChI=1S/C25H23N3O3S/c1-4-20(24-10-7-13-32-24)27-28-25(29)19-15-22(26-21-9-6-5-8-17(19)21)18-12-11-16(30-2)14-23(18)31-3/h5-15H,4H2,1-3H3,(H,28,29)/b27-20+. The lowest BCUT2D eigenvalue weighted by molar-refractivity contribution is 0.0956. The van der Waals surface area contributed by atoms with Crippen LogP contribution in [0.2, 0.25) is 0 Å². The number of pyridine rings is 1. The fourth-order valence-corrected chi connectivity index (χ4v) is 4.23. The lowest BCUT2D eigenvalue weighted by Gasteiger charge is -2.13. The molecule has 2 aromatic carbocycles. The number of nitrogens with one attached hydrogen (secondary N) is 1.